The third-order valence-electron chi connectivity index (χ3n) is 5.17. The number of hydrogen-bond donors (Lipinski definition) is 1. The Labute approximate surface area is 165 Å². The number of amides is 1. The van der Waals surface area contributed by atoms with E-state index >= 15 is 0 Å². The molecule has 1 fully saturated rings. The number of piperazine rings is 1. The summed E-state index contributed by atoms with van der Waals surface area (Å²) in [7, 11) is -2.25. The minimum Gasteiger partial charge on any atom is -0.495 e. The van der Waals surface area contributed by atoms with Gasteiger partial charge in [0.2, 0.25) is 10.0 Å². The third kappa shape index (κ3) is 3.98. The molecular formula is C20H25N3O4S. The molecule has 1 aliphatic rings. The normalized spacial score (nSPS) is 14.9. The van der Waals surface area contributed by atoms with E-state index in [2.05, 4.69) is 4.90 Å². The van der Waals surface area contributed by atoms with Crippen LogP contribution in [-0.4, -0.2) is 52.5 Å². The van der Waals surface area contributed by atoms with Crippen LogP contribution in [0.4, 0.5) is 5.69 Å². The Balaban J connectivity index is 1.78. The summed E-state index contributed by atoms with van der Waals surface area (Å²) in [6.07, 6.45) is 0. The standard InChI is InChI=1S/C20H25N3O4S/c1-14-12-16(13-19(15(14)2)28(21,25)26)20(24)23-10-8-22(9-11-23)17-6-4-5-7-18(17)27-3/h4-7,12-13H,8-11H2,1-3H3,(H2,21,25,26). The lowest BCUT2D eigenvalue weighted by atomic mass is 10.0. The van der Waals surface area contributed by atoms with Crippen LogP contribution in [0.15, 0.2) is 41.3 Å². The molecule has 1 saturated heterocycles. The van der Waals surface area contributed by atoms with E-state index in [0.717, 1.165) is 17.0 Å². The minimum atomic E-state index is -3.89. The van der Waals surface area contributed by atoms with E-state index in [1.165, 1.54) is 6.07 Å². The fourth-order valence-electron chi connectivity index (χ4n) is 3.47. The van der Waals surface area contributed by atoms with Gasteiger partial charge in [-0.1, -0.05) is 12.1 Å². The number of aryl methyl sites for hydroxylation is 1. The highest BCUT2D eigenvalue weighted by Crippen LogP contribution is 2.29. The number of hydrogen-bond acceptors (Lipinski definition) is 5. The summed E-state index contributed by atoms with van der Waals surface area (Å²) in [6.45, 7) is 5.87. The minimum absolute atomic E-state index is 0.00325. The van der Waals surface area contributed by atoms with Gasteiger partial charge in [0.25, 0.3) is 5.91 Å². The SMILES string of the molecule is COc1ccccc1N1CCN(C(=O)c2cc(C)c(C)c(S(N)(=O)=O)c2)CC1. The Hall–Kier alpha value is -2.58. The molecule has 150 valence electrons. The first kappa shape index (κ1) is 20.2. The number of carbonyl (C=O) groups is 1. The molecule has 0 bridgehead atoms. The quantitative estimate of drug-likeness (QED) is 0.842. The maximum absolute atomic E-state index is 13.0. The highest BCUT2D eigenvalue weighted by Gasteiger charge is 2.25. The van der Waals surface area contributed by atoms with Crippen molar-refractivity contribution in [2.45, 2.75) is 18.7 Å². The second-order valence-electron chi connectivity index (χ2n) is 6.91. The molecule has 1 amide bonds. The van der Waals surface area contributed by atoms with Gasteiger partial charge in [-0.15, -0.1) is 0 Å². The number of benzene rings is 2. The lowest BCUT2D eigenvalue weighted by Crippen LogP contribution is -2.49. The number of methoxy groups -OCH3 is 1. The van der Waals surface area contributed by atoms with Crippen molar-refractivity contribution in [3.8, 4) is 5.75 Å². The van der Waals surface area contributed by atoms with Crippen LogP contribution in [0.25, 0.3) is 0 Å². The molecule has 2 N–H and O–H groups in total. The molecule has 2 aromatic rings. The molecule has 7 nitrogen and oxygen atoms in total. The van der Waals surface area contributed by atoms with Gasteiger partial charge in [-0.25, -0.2) is 13.6 Å². The molecule has 1 aliphatic heterocycles. The number of ether oxygens (including phenoxy) is 1. The van der Waals surface area contributed by atoms with Crippen LogP contribution in [0.2, 0.25) is 0 Å². The first-order valence-electron chi connectivity index (χ1n) is 9.03. The van der Waals surface area contributed by atoms with Crippen LogP contribution in [0.1, 0.15) is 21.5 Å². The molecule has 0 spiro atoms. The third-order valence-corrected chi connectivity index (χ3v) is 6.20. The van der Waals surface area contributed by atoms with Gasteiger partial charge in [0, 0.05) is 31.7 Å². The van der Waals surface area contributed by atoms with Gasteiger partial charge < -0.3 is 14.5 Å². The Morgan fingerprint density at radius 1 is 1.07 bits per heavy atom. The average Bonchev–Trinajstić information content (AvgIpc) is 2.68. The maximum Gasteiger partial charge on any atom is 0.254 e. The predicted molar refractivity (Wildman–Crippen MR) is 108 cm³/mol. The number of rotatable bonds is 4. The van der Waals surface area contributed by atoms with E-state index in [4.69, 9.17) is 9.88 Å². The molecule has 8 heteroatoms. The van der Waals surface area contributed by atoms with Crippen molar-refractivity contribution in [1.82, 2.24) is 4.90 Å². The zero-order chi connectivity index (χ0) is 20.5. The van der Waals surface area contributed by atoms with E-state index < -0.39 is 10.0 Å². The summed E-state index contributed by atoms with van der Waals surface area (Å²) in [5, 5.41) is 5.31. The number of nitrogens with zero attached hydrogens (tertiary/aromatic N) is 2. The largest absolute Gasteiger partial charge is 0.495 e. The molecule has 0 aliphatic carbocycles. The van der Waals surface area contributed by atoms with Crippen molar-refractivity contribution in [3.05, 3.63) is 53.1 Å². The van der Waals surface area contributed by atoms with E-state index in [1.807, 2.05) is 24.3 Å². The number of primary sulfonamides is 1. The average molecular weight is 404 g/mol. The van der Waals surface area contributed by atoms with Crippen molar-refractivity contribution in [2.24, 2.45) is 5.14 Å². The smallest absolute Gasteiger partial charge is 0.254 e. The number of sulfonamides is 1. The molecule has 0 radical (unpaired) electrons. The van der Waals surface area contributed by atoms with E-state index in [1.54, 1.807) is 31.9 Å². The fraction of sp³-hybridized carbons (Fsp3) is 0.350. The Morgan fingerprint density at radius 2 is 1.71 bits per heavy atom. The Bertz CT molecular complexity index is 997. The van der Waals surface area contributed by atoms with Gasteiger partial charge in [0.05, 0.1) is 17.7 Å². The lowest BCUT2D eigenvalue weighted by Gasteiger charge is -2.36. The van der Waals surface area contributed by atoms with Crippen LogP contribution in [-0.2, 0) is 10.0 Å². The van der Waals surface area contributed by atoms with Crippen molar-refractivity contribution < 1.29 is 17.9 Å². The number of para-hydroxylation sites is 2. The Kier molecular flexibility index (Phi) is 5.62. The Morgan fingerprint density at radius 3 is 2.32 bits per heavy atom. The summed E-state index contributed by atoms with van der Waals surface area (Å²) in [4.78, 5) is 16.9. The molecule has 1 heterocycles. The fourth-order valence-corrected chi connectivity index (χ4v) is 4.35. The van der Waals surface area contributed by atoms with Crippen LogP contribution in [0, 0.1) is 13.8 Å². The summed E-state index contributed by atoms with van der Waals surface area (Å²) >= 11 is 0. The van der Waals surface area contributed by atoms with Crippen molar-refractivity contribution in [2.75, 3.05) is 38.2 Å². The number of anilines is 1. The molecule has 0 atom stereocenters. The topological polar surface area (TPSA) is 92.9 Å². The van der Waals surface area contributed by atoms with E-state index in [9.17, 15) is 13.2 Å². The van der Waals surface area contributed by atoms with Gasteiger partial charge in [0.15, 0.2) is 0 Å². The first-order chi connectivity index (χ1) is 13.2. The van der Waals surface area contributed by atoms with Gasteiger partial charge in [0.1, 0.15) is 5.75 Å². The zero-order valence-corrected chi connectivity index (χ0v) is 17.1. The molecule has 0 unspecified atom stereocenters. The first-order valence-corrected chi connectivity index (χ1v) is 10.6. The van der Waals surface area contributed by atoms with Gasteiger partial charge >= 0.3 is 0 Å². The van der Waals surface area contributed by atoms with Crippen molar-refractivity contribution in [3.63, 3.8) is 0 Å². The second kappa shape index (κ2) is 7.81. The summed E-state index contributed by atoms with van der Waals surface area (Å²) in [5.41, 5.74) is 2.64. The van der Waals surface area contributed by atoms with Crippen LogP contribution in [0.5, 0.6) is 5.75 Å². The van der Waals surface area contributed by atoms with Crippen molar-refractivity contribution >= 4 is 21.6 Å². The van der Waals surface area contributed by atoms with Gasteiger partial charge in [-0.2, -0.15) is 0 Å². The predicted octanol–water partition coefficient (Wildman–Crippen LogP) is 1.92. The number of carbonyl (C=O) groups excluding carboxylic acids is 1. The van der Waals surface area contributed by atoms with Crippen LogP contribution < -0.4 is 14.8 Å². The van der Waals surface area contributed by atoms with Crippen LogP contribution >= 0.6 is 0 Å². The molecule has 3 rings (SSSR count). The zero-order valence-electron chi connectivity index (χ0n) is 16.3. The molecule has 2 aromatic carbocycles. The van der Waals surface area contributed by atoms with Crippen LogP contribution in [0.3, 0.4) is 0 Å². The molecule has 0 saturated carbocycles. The highest BCUT2D eigenvalue weighted by atomic mass is 32.2. The van der Waals surface area contributed by atoms with Gasteiger partial charge in [-0.3, -0.25) is 4.79 Å². The molecular weight excluding hydrogens is 378 g/mol. The van der Waals surface area contributed by atoms with E-state index in [-0.39, 0.29) is 10.8 Å². The molecule has 0 aromatic heterocycles. The maximum atomic E-state index is 13.0. The van der Waals surface area contributed by atoms with E-state index in [0.29, 0.717) is 37.3 Å². The van der Waals surface area contributed by atoms with Crippen molar-refractivity contribution in [1.29, 1.82) is 0 Å². The van der Waals surface area contributed by atoms with Gasteiger partial charge in [-0.05, 0) is 49.2 Å². The molecule has 28 heavy (non-hydrogen) atoms. The monoisotopic (exact) mass is 403 g/mol. The second-order valence-corrected chi connectivity index (χ2v) is 8.44. The highest BCUT2D eigenvalue weighted by molar-refractivity contribution is 7.89. The summed E-state index contributed by atoms with van der Waals surface area (Å²) in [6, 6.07) is 10.9. The number of nitrogens with two attached hydrogens (primary N) is 1. The summed E-state index contributed by atoms with van der Waals surface area (Å²) < 4.78 is 29.1. The lowest BCUT2D eigenvalue weighted by molar-refractivity contribution is 0.0746. The summed E-state index contributed by atoms with van der Waals surface area (Å²) in [5.74, 6) is 0.613.